The number of aromatic nitrogens is 2. The zero-order valence-electron chi connectivity index (χ0n) is 14.7. The number of amides is 1. The fourth-order valence-corrected chi connectivity index (χ4v) is 2.88. The lowest BCUT2D eigenvalue weighted by atomic mass is 10.1. The molecular formula is C19H20N4O2S. The summed E-state index contributed by atoms with van der Waals surface area (Å²) in [6.07, 6.45) is 1.74. The van der Waals surface area contributed by atoms with Crippen LogP contribution in [0, 0.1) is 0 Å². The third kappa shape index (κ3) is 4.58. The number of rotatable bonds is 7. The van der Waals surface area contributed by atoms with Crippen LogP contribution in [-0.4, -0.2) is 30.0 Å². The van der Waals surface area contributed by atoms with Crippen LogP contribution in [0.4, 0.5) is 5.82 Å². The summed E-state index contributed by atoms with van der Waals surface area (Å²) in [7, 11) is 3.86. The van der Waals surface area contributed by atoms with E-state index in [1.54, 1.807) is 23.8 Å². The maximum Gasteiger partial charge on any atom is 0.255 e. The molecule has 0 unspecified atom stereocenters. The van der Waals surface area contributed by atoms with E-state index >= 15 is 0 Å². The van der Waals surface area contributed by atoms with Crippen LogP contribution in [0.1, 0.15) is 21.6 Å². The molecule has 1 aromatic carbocycles. The molecule has 0 atom stereocenters. The molecule has 1 N–H and O–H groups in total. The number of carbonyl (C=O) groups is 1. The molecule has 0 aliphatic rings. The number of para-hydroxylation sites is 1. The van der Waals surface area contributed by atoms with Gasteiger partial charge >= 0.3 is 0 Å². The van der Waals surface area contributed by atoms with Crippen molar-refractivity contribution in [3.63, 3.8) is 0 Å². The molecule has 0 aliphatic heterocycles. The van der Waals surface area contributed by atoms with Crippen LogP contribution >= 0.6 is 11.3 Å². The van der Waals surface area contributed by atoms with E-state index in [2.05, 4.69) is 15.3 Å². The Morgan fingerprint density at radius 2 is 2.08 bits per heavy atom. The molecule has 3 rings (SSSR count). The van der Waals surface area contributed by atoms with Crippen molar-refractivity contribution in [2.24, 2.45) is 0 Å². The van der Waals surface area contributed by atoms with Gasteiger partial charge < -0.3 is 15.0 Å². The minimum Gasteiger partial charge on any atom is -0.486 e. The zero-order valence-corrected chi connectivity index (χ0v) is 15.5. The van der Waals surface area contributed by atoms with Gasteiger partial charge in [0.1, 0.15) is 18.2 Å². The Kier molecular flexibility index (Phi) is 5.80. The van der Waals surface area contributed by atoms with Crippen molar-refractivity contribution in [3.8, 4) is 5.75 Å². The summed E-state index contributed by atoms with van der Waals surface area (Å²) in [5.74, 6) is 1.22. The lowest BCUT2D eigenvalue weighted by Gasteiger charge is -2.13. The Bertz CT molecular complexity index is 865. The van der Waals surface area contributed by atoms with E-state index in [0.717, 1.165) is 17.1 Å². The van der Waals surface area contributed by atoms with Gasteiger partial charge in [-0.25, -0.2) is 9.97 Å². The van der Waals surface area contributed by atoms with E-state index in [9.17, 15) is 4.79 Å². The van der Waals surface area contributed by atoms with E-state index in [-0.39, 0.29) is 5.91 Å². The van der Waals surface area contributed by atoms with Gasteiger partial charge in [0.05, 0.1) is 16.8 Å². The highest BCUT2D eigenvalue weighted by atomic mass is 32.1. The molecule has 1 amide bonds. The molecule has 3 aromatic rings. The number of ether oxygens (including phenoxy) is 1. The Hall–Kier alpha value is -2.93. The molecule has 26 heavy (non-hydrogen) atoms. The van der Waals surface area contributed by atoms with Gasteiger partial charge in [-0.2, -0.15) is 0 Å². The van der Waals surface area contributed by atoms with Gasteiger partial charge in [-0.05, 0) is 29.8 Å². The summed E-state index contributed by atoms with van der Waals surface area (Å²) in [5.41, 5.74) is 4.09. The molecule has 2 aromatic heterocycles. The molecule has 6 nitrogen and oxygen atoms in total. The predicted molar refractivity (Wildman–Crippen MR) is 103 cm³/mol. The Balaban J connectivity index is 1.65. The Labute approximate surface area is 156 Å². The number of thiazole rings is 1. The van der Waals surface area contributed by atoms with E-state index in [1.807, 2.05) is 48.6 Å². The van der Waals surface area contributed by atoms with Gasteiger partial charge in [-0.3, -0.25) is 4.79 Å². The van der Waals surface area contributed by atoms with E-state index in [0.29, 0.717) is 24.5 Å². The number of hydrogen-bond acceptors (Lipinski definition) is 6. The average molecular weight is 368 g/mol. The first-order chi connectivity index (χ1) is 12.6. The maximum absolute atomic E-state index is 12.6. The van der Waals surface area contributed by atoms with Crippen LogP contribution in [0.2, 0.25) is 0 Å². The van der Waals surface area contributed by atoms with Crippen LogP contribution < -0.4 is 15.0 Å². The van der Waals surface area contributed by atoms with E-state index in [1.165, 1.54) is 11.3 Å². The highest BCUT2D eigenvalue weighted by Gasteiger charge is 2.12. The van der Waals surface area contributed by atoms with E-state index < -0.39 is 0 Å². The summed E-state index contributed by atoms with van der Waals surface area (Å²) < 4.78 is 5.77. The monoisotopic (exact) mass is 368 g/mol. The second-order valence-corrected chi connectivity index (χ2v) is 6.58. The number of nitrogens with one attached hydrogen (secondary N) is 1. The van der Waals surface area contributed by atoms with Gasteiger partial charge in [0.25, 0.3) is 5.91 Å². The standard InChI is InChI=1S/C19H20N4O2S/c1-23(2)18-9-14(7-8-20-18)10-21-19(24)16-5-3-4-6-17(16)25-11-15-12-26-13-22-15/h3-9,12-13H,10-11H2,1-2H3,(H,21,24). The van der Waals surface area contributed by atoms with E-state index in [4.69, 9.17) is 4.74 Å². The topological polar surface area (TPSA) is 67.4 Å². The fraction of sp³-hybridized carbons (Fsp3) is 0.211. The highest BCUT2D eigenvalue weighted by molar-refractivity contribution is 7.07. The molecule has 0 saturated carbocycles. The fourth-order valence-electron chi connectivity index (χ4n) is 2.33. The predicted octanol–water partition coefficient (Wildman–Crippen LogP) is 3.11. The third-order valence-electron chi connectivity index (χ3n) is 3.71. The van der Waals surface area contributed by atoms with Crippen molar-refractivity contribution in [2.45, 2.75) is 13.2 Å². The van der Waals surface area contributed by atoms with Gasteiger partial charge in [-0.15, -0.1) is 11.3 Å². The number of nitrogens with zero attached hydrogens (tertiary/aromatic N) is 3. The molecule has 0 bridgehead atoms. The smallest absolute Gasteiger partial charge is 0.255 e. The first-order valence-corrected chi connectivity index (χ1v) is 9.07. The molecule has 0 radical (unpaired) electrons. The molecule has 134 valence electrons. The molecule has 0 fully saturated rings. The minimum atomic E-state index is -0.179. The first-order valence-electron chi connectivity index (χ1n) is 8.13. The largest absolute Gasteiger partial charge is 0.486 e. The second kappa shape index (κ2) is 8.44. The molecule has 0 aliphatic carbocycles. The number of benzene rings is 1. The third-order valence-corrected chi connectivity index (χ3v) is 4.35. The van der Waals surface area contributed by atoms with Gasteiger partial charge in [0.2, 0.25) is 0 Å². The van der Waals surface area contributed by atoms with Crippen molar-refractivity contribution in [2.75, 3.05) is 19.0 Å². The normalized spacial score (nSPS) is 10.4. The van der Waals surface area contributed by atoms with Gasteiger partial charge in [0.15, 0.2) is 0 Å². The number of carbonyl (C=O) groups excluding carboxylic acids is 1. The molecule has 2 heterocycles. The first kappa shape index (κ1) is 17.9. The number of hydrogen-bond donors (Lipinski definition) is 1. The summed E-state index contributed by atoms with van der Waals surface area (Å²) >= 11 is 1.52. The number of pyridine rings is 1. The quantitative estimate of drug-likeness (QED) is 0.694. The van der Waals surface area contributed by atoms with Crippen LogP contribution in [0.3, 0.4) is 0 Å². The summed E-state index contributed by atoms with van der Waals surface area (Å²) in [5, 5.41) is 4.86. The minimum absolute atomic E-state index is 0.179. The zero-order chi connectivity index (χ0) is 18.4. The van der Waals surface area contributed by atoms with Crippen LogP contribution in [0.25, 0.3) is 0 Å². The van der Waals surface area contributed by atoms with Crippen LogP contribution in [0.15, 0.2) is 53.5 Å². The molecule has 0 spiro atoms. The lowest BCUT2D eigenvalue weighted by Crippen LogP contribution is -2.23. The number of anilines is 1. The van der Waals surface area contributed by atoms with Crippen molar-refractivity contribution >= 4 is 23.1 Å². The van der Waals surface area contributed by atoms with Crippen LogP contribution in [-0.2, 0) is 13.2 Å². The van der Waals surface area contributed by atoms with Crippen LogP contribution in [0.5, 0.6) is 5.75 Å². The van der Waals surface area contributed by atoms with Crippen molar-refractivity contribution in [3.05, 3.63) is 70.3 Å². The summed E-state index contributed by atoms with van der Waals surface area (Å²) in [4.78, 5) is 23.0. The summed E-state index contributed by atoms with van der Waals surface area (Å²) in [6, 6.07) is 11.0. The summed E-state index contributed by atoms with van der Waals surface area (Å²) in [6.45, 7) is 0.757. The molecule has 7 heteroatoms. The Morgan fingerprint density at radius 1 is 1.23 bits per heavy atom. The Morgan fingerprint density at radius 3 is 2.85 bits per heavy atom. The van der Waals surface area contributed by atoms with Gasteiger partial charge in [-0.1, -0.05) is 12.1 Å². The lowest BCUT2D eigenvalue weighted by molar-refractivity contribution is 0.0946. The molecular weight excluding hydrogens is 348 g/mol. The molecule has 0 saturated heterocycles. The average Bonchev–Trinajstić information content (AvgIpc) is 3.18. The van der Waals surface area contributed by atoms with Crippen molar-refractivity contribution in [1.82, 2.24) is 15.3 Å². The van der Waals surface area contributed by atoms with Gasteiger partial charge in [0, 0.05) is 32.2 Å². The second-order valence-electron chi connectivity index (χ2n) is 5.86. The SMILES string of the molecule is CN(C)c1cc(CNC(=O)c2ccccc2OCc2cscn2)ccn1. The maximum atomic E-state index is 12.6. The van der Waals surface area contributed by atoms with Crippen molar-refractivity contribution < 1.29 is 9.53 Å². The highest BCUT2D eigenvalue weighted by Crippen LogP contribution is 2.19. The van der Waals surface area contributed by atoms with Crippen molar-refractivity contribution in [1.29, 1.82) is 0 Å².